The first kappa shape index (κ1) is 25.5. The van der Waals surface area contributed by atoms with Crippen LogP contribution in [0.25, 0.3) is 0 Å². The summed E-state index contributed by atoms with van der Waals surface area (Å²) in [5, 5.41) is 3.15. The summed E-state index contributed by atoms with van der Waals surface area (Å²) in [4.78, 5) is 23.0. The van der Waals surface area contributed by atoms with E-state index in [1.54, 1.807) is 6.07 Å². The number of aliphatic imine (C=N–C) groups is 1. The number of piperidine rings is 1. The number of carbonyl (C=O) groups excluding carboxylic acids is 1. The van der Waals surface area contributed by atoms with Crippen LogP contribution in [0.3, 0.4) is 0 Å². The number of urea groups is 1. The maximum absolute atomic E-state index is 14.3. The Hall–Kier alpha value is -2.73. The van der Waals surface area contributed by atoms with E-state index in [-0.39, 0.29) is 23.9 Å². The lowest BCUT2D eigenvalue weighted by molar-refractivity contribution is 0.123. The summed E-state index contributed by atoms with van der Waals surface area (Å²) in [6.45, 7) is 6.39. The highest BCUT2D eigenvalue weighted by Gasteiger charge is 2.54. The van der Waals surface area contributed by atoms with Gasteiger partial charge < -0.3 is 0 Å². The number of amidine groups is 1. The van der Waals surface area contributed by atoms with E-state index in [0.29, 0.717) is 11.6 Å². The van der Waals surface area contributed by atoms with Gasteiger partial charge in [-0.25, -0.2) is 9.18 Å². The highest BCUT2D eigenvalue weighted by Crippen LogP contribution is 2.43. The number of carbonyl (C=O) groups is 1. The second-order valence-electron chi connectivity index (χ2n) is 12.2. The second kappa shape index (κ2) is 10.4. The lowest BCUT2D eigenvalue weighted by Gasteiger charge is -2.47. The molecule has 2 aromatic carbocycles. The molecule has 2 heterocycles. The first-order valence-electron chi connectivity index (χ1n) is 14.7. The normalized spacial score (nSPS) is 28.7. The molecular weight excluding hydrogens is 475 g/mol. The molecule has 4 aliphatic rings. The Morgan fingerprint density at radius 3 is 2.61 bits per heavy atom. The fourth-order valence-electron chi connectivity index (χ4n) is 7.10. The molecule has 2 aliphatic heterocycles. The van der Waals surface area contributed by atoms with Crippen molar-refractivity contribution in [3.05, 3.63) is 65.5 Å². The molecule has 0 aromatic heterocycles. The van der Waals surface area contributed by atoms with Gasteiger partial charge in [0.15, 0.2) is 0 Å². The fraction of sp³-hybridized carbons (Fsp3) is 0.562. The van der Waals surface area contributed by atoms with E-state index >= 15 is 0 Å². The smallest absolute Gasteiger partial charge is 0.296 e. The van der Waals surface area contributed by atoms with Gasteiger partial charge in [-0.1, -0.05) is 56.5 Å². The highest BCUT2D eigenvalue weighted by atomic mass is 19.1. The molecule has 1 unspecified atom stereocenters. The zero-order valence-electron chi connectivity index (χ0n) is 22.8. The largest absolute Gasteiger partial charge is 0.328 e. The zero-order valence-corrected chi connectivity index (χ0v) is 22.8. The number of halogens is 1. The molecular formula is C32H41FN4O. The molecule has 202 valence electrons. The first-order chi connectivity index (χ1) is 18.4. The maximum atomic E-state index is 14.3. The van der Waals surface area contributed by atoms with E-state index in [4.69, 9.17) is 4.99 Å². The molecule has 2 saturated heterocycles. The van der Waals surface area contributed by atoms with Gasteiger partial charge in [0.05, 0.1) is 6.04 Å². The molecule has 2 saturated carbocycles. The summed E-state index contributed by atoms with van der Waals surface area (Å²) in [5.41, 5.74) is 2.85. The van der Waals surface area contributed by atoms with Gasteiger partial charge in [-0.05, 0) is 86.6 Å². The Kier molecular flexibility index (Phi) is 7.02. The van der Waals surface area contributed by atoms with Crippen LogP contribution >= 0.6 is 0 Å². The van der Waals surface area contributed by atoms with Crippen molar-refractivity contribution in [3.8, 4) is 0 Å². The van der Waals surface area contributed by atoms with Gasteiger partial charge in [-0.15, -0.1) is 0 Å². The minimum Gasteiger partial charge on any atom is -0.296 e. The topological polar surface area (TPSA) is 47.9 Å². The van der Waals surface area contributed by atoms with Crippen molar-refractivity contribution < 1.29 is 9.18 Å². The third-order valence-corrected chi connectivity index (χ3v) is 9.51. The summed E-state index contributed by atoms with van der Waals surface area (Å²) in [6.07, 6.45) is 10.1. The number of hydrogen-bond acceptors (Lipinski definition) is 3. The van der Waals surface area contributed by atoms with Gasteiger partial charge in [0.2, 0.25) is 0 Å². The van der Waals surface area contributed by atoms with Crippen molar-refractivity contribution in [2.24, 2.45) is 10.9 Å². The van der Waals surface area contributed by atoms with Gasteiger partial charge in [-0.2, -0.15) is 0 Å². The molecule has 2 aliphatic carbocycles. The number of nitrogens with zero attached hydrogens (tertiary/aromatic N) is 3. The van der Waals surface area contributed by atoms with Crippen LogP contribution in [0.1, 0.15) is 88.7 Å². The number of nitrogens with one attached hydrogen (secondary N) is 1. The van der Waals surface area contributed by atoms with Crippen LogP contribution in [0.5, 0.6) is 0 Å². The minimum absolute atomic E-state index is 0.187. The van der Waals surface area contributed by atoms with Crippen LogP contribution in [0.2, 0.25) is 0 Å². The van der Waals surface area contributed by atoms with E-state index < -0.39 is 5.54 Å². The average molecular weight is 517 g/mol. The molecule has 3 atom stereocenters. The fourth-order valence-corrected chi connectivity index (χ4v) is 7.10. The number of rotatable bonds is 6. The zero-order chi connectivity index (χ0) is 26.3. The van der Waals surface area contributed by atoms with Crippen LogP contribution in [0, 0.1) is 11.7 Å². The predicted octanol–water partition coefficient (Wildman–Crippen LogP) is 7.02. The summed E-state index contributed by atoms with van der Waals surface area (Å²) >= 11 is 0. The quantitative estimate of drug-likeness (QED) is 0.448. The van der Waals surface area contributed by atoms with Gasteiger partial charge >= 0.3 is 6.03 Å². The van der Waals surface area contributed by atoms with Gasteiger partial charge in [0, 0.05) is 24.8 Å². The SMILES string of the molecule is C[C@H](c1cccc(CN2CCC3(C[C@@H]2C)C(=NC2CCCCC2)NC(=O)N3c2cccc(F)c2)c1)C1CC1. The Morgan fingerprint density at radius 2 is 1.87 bits per heavy atom. The van der Waals surface area contributed by atoms with Crippen molar-refractivity contribution in [1.82, 2.24) is 10.2 Å². The Morgan fingerprint density at radius 1 is 1.08 bits per heavy atom. The standard InChI is InChI=1S/C32H41FN4O/c1-22-20-32(16-17-36(22)21-24-8-6-9-26(18-24)23(2)25-14-15-25)30(34-28-11-4-3-5-12-28)35-31(38)37(32)29-13-7-10-27(33)19-29/h6-10,13,18-19,22-23,25,28H,3-5,11-12,14-17,20-21H2,1-2H3,(H,34,35,38)/t22-,23-,32?/m0/s1. The number of likely N-dealkylation sites (tertiary alicyclic amines) is 1. The molecule has 2 aromatic rings. The molecule has 6 rings (SSSR count). The summed E-state index contributed by atoms with van der Waals surface area (Å²) < 4.78 is 14.3. The summed E-state index contributed by atoms with van der Waals surface area (Å²) in [5.74, 6) is 1.95. The minimum atomic E-state index is -0.569. The third kappa shape index (κ3) is 5.00. The second-order valence-corrected chi connectivity index (χ2v) is 12.2. The average Bonchev–Trinajstić information content (AvgIpc) is 3.73. The Balaban J connectivity index is 1.27. The molecule has 0 bridgehead atoms. The monoisotopic (exact) mass is 516 g/mol. The lowest BCUT2D eigenvalue weighted by Crippen LogP contribution is -2.59. The lowest BCUT2D eigenvalue weighted by atomic mass is 9.81. The molecule has 5 nitrogen and oxygen atoms in total. The van der Waals surface area contributed by atoms with Gasteiger partial charge in [-0.3, -0.25) is 20.1 Å². The number of hydrogen-bond donors (Lipinski definition) is 1. The maximum Gasteiger partial charge on any atom is 0.328 e. The Labute approximate surface area is 226 Å². The van der Waals surface area contributed by atoms with Crippen molar-refractivity contribution in [1.29, 1.82) is 0 Å². The van der Waals surface area contributed by atoms with Crippen molar-refractivity contribution in [3.63, 3.8) is 0 Å². The summed E-state index contributed by atoms with van der Waals surface area (Å²) in [6, 6.07) is 15.9. The van der Waals surface area contributed by atoms with Gasteiger partial charge in [0.25, 0.3) is 0 Å². The molecule has 38 heavy (non-hydrogen) atoms. The summed E-state index contributed by atoms with van der Waals surface area (Å²) in [7, 11) is 0. The van der Waals surface area contributed by atoms with Crippen molar-refractivity contribution in [2.45, 2.75) is 102 Å². The number of anilines is 1. The third-order valence-electron chi connectivity index (χ3n) is 9.51. The van der Waals surface area contributed by atoms with Crippen LogP contribution in [0.4, 0.5) is 14.9 Å². The van der Waals surface area contributed by atoms with E-state index in [1.807, 2.05) is 11.0 Å². The van der Waals surface area contributed by atoms with Crippen LogP contribution in [-0.4, -0.2) is 40.9 Å². The predicted molar refractivity (Wildman–Crippen MR) is 151 cm³/mol. The molecule has 6 heteroatoms. The van der Waals surface area contributed by atoms with Crippen molar-refractivity contribution in [2.75, 3.05) is 11.4 Å². The van der Waals surface area contributed by atoms with E-state index in [2.05, 4.69) is 48.3 Å². The van der Waals surface area contributed by atoms with E-state index in [0.717, 1.165) is 50.5 Å². The highest BCUT2D eigenvalue weighted by molar-refractivity contribution is 6.19. The number of benzene rings is 2. The van der Waals surface area contributed by atoms with Crippen LogP contribution in [-0.2, 0) is 6.54 Å². The molecule has 0 radical (unpaired) electrons. The van der Waals surface area contributed by atoms with Crippen LogP contribution in [0.15, 0.2) is 53.5 Å². The molecule has 4 fully saturated rings. The first-order valence-corrected chi connectivity index (χ1v) is 14.7. The van der Waals surface area contributed by atoms with Crippen molar-refractivity contribution >= 4 is 17.6 Å². The van der Waals surface area contributed by atoms with Gasteiger partial charge in [0.1, 0.15) is 17.2 Å². The Bertz CT molecular complexity index is 1200. The molecule has 1 N–H and O–H groups in total. The van der Waals surface area contributed by atoms with Crippen LogP contribution < -0.4 is 10.2 Å². The molecule has 2 amide bonds. The molecule has 1 spiro atoms. The van der Waals surface area contributed by atoms with E-state index in [1.165, 1.54) is 55.4 Å². The number of amides is 2. The van der Waals surface area contributed by atoms with E-state index in [9.17, 15) is 9.18 Å².